The summed E-state index contributed by atoms with van der Waals surface area (Å²) in [5.41, 5.74) is 2.16. The average Bonchev–Trinajstić information content (AvgIpc) is 2.57. The van der Waals surface area contributed by atoms with Gasteiger partial charge < -0.3 is 14.8 Å². The first-order chi connectivity index (χ1) is 10.7. The van der Waals surface area contributed by atoms with Crippen LogP contribution in [0.5, 0.6) is 11.5 Å². The Labute approximate surface area is 131 Å². The zero-order valence-corrected chi connectivity index (χ0v) is 13.1. The number of para-hydroxylation sites is 1. The number of methoxy groups -OCH3 is 1. The molecule has 0 aromatic heterocycles. The second kappa shape index (κ2) is 7.50. The van der Waals surface area contributed by atoms with Crippen molar-refractivity contribution in [2.75, 3.05) is 14.2 Å². The van der Waals surface area contributed by atoms with Crippen molar-refractivity contribution in [2.45, 2.75) is 13.3 Å². The maximum atomic E-state index is 11.2. The molecule has 22 heavy (non-hydrogen) atoms. The zero-order valence-electron chi connectivity index (χ0n) is 13.1. The van der Waals surface area contributed by atoms with Crippen molar-refractivity contribution in [1.29, 1.82) is 0 Å². The third-order valence-electron chi connectivity index (χ3n) is 3.40. The van der Waals surface area contributed by atoms with Crippen LogP contribution in [0.15, 0.2) is 48.5 Å². The van der Waals surface area contributed by atoms with Crippen LogP contribution in [0.2, 0.25) is 0 Å². The van der Waals surface area contributed by atoms with Gasteiger partial charge in [0.05, 0.1) is 7.11 Å². The summed E-state index contributed by atoms with van der Waals surface area (Å²) in [6, 6.07) is 15.4. The molecule has 115 valence electrons. The minimum Gasteiger partial charge on any atom is -0.496 e. The van der Waals surface area contributed by atoms with Gasteiger partial charge in [-0.05, 0) is 30.2 Å². The summed E-state index contributed by atoms with van der Waals surface area (Å²) in [5, 5.41) is 2.42. The Morgan fingerprint density at radius 2 is 1.77 bits per heavy atom. The molecule has 0 atom stereocenters. The summed E-state index contributed by atoms with van der Waals surface area (Å²) < 4.78 is 10.5. The highest BCUT2D eigenvalue weighted by molar-refractivity contribution is 5.70. The van der Waals surface area contributed by atoms with E-state index in [9.17, 15) is 4.79 Å². The summed E-state index contributed by atoms with van der Waals surface area (Å²) in [6.45, 7) is 2.11. The lowest BCUT2D eigenvalue weighted by Gasteiger charge is -2.18. The zero-order chi connectivity index (χ0) is 15.9. The van der Waals surface area contributed by atoms with Crippen molar-refractivity contribution < 1.29 is 14.3 Å². The topological polar surface area (TPSA) is 47.6 Å². The molecule has 4 nitrogen and oxygen atoms in total. The highest BCUT2D eigenvalue weighted by Crippen LogP contribution is 2.33. The molecule has 1 N–H and O–H groups in total. The van der Waals surface area contributed by atoms with E-state index in [1.165, 1.54) is 13.0 Å². The molecule has 0 saturated heterocycles. The maximum Gasteiger partial charge on any atom is 0.412 e. The first-order valence-corrected chi connectivity index (χ1v) is 7.18. The summed E-state index contributed by atoms with van der Waals surface area (Å²) >= 11 is 0. The Morgan fingerprint density at radius 3 is 2.36 bits per heavy atom. The highest BCUT2D eigenvalue weighted by Gasteiger charge is 2.17. The van der Waals surface area contributed by atoms with Gasteiger partial charge in [0.2, 0.25) is 0 Å². The molecule has 0 aliphatic heterocycles. The third kappa shape index (κ3) is 3.58. The van der Waals surface area contributed by atoms with Crippen molar-refractivity contribution >= 4 is 6.09 Å². The first-order valence-electron chi connectivity index (χ1n) is 7.18. The standard InChI is InChI=1S/C18H20NO3/c1-4-15(16-7-5-6-8-17(16)21-3)13-9-11-14(12-10-13)22-18(20)19-2/h5-12H,4H2,1-3H3,(H,19,20). The Kier molecular flexibility index (Phi) is 5.42. The normalized spacial score (nSPS) is 10.4. The van der Waals surface area contributed by atoms with Gasteiger partial charge in [-0.3, -0.25) is 0 Å². The molecule has 0 bridgehead atoms. The van der Waals surface area contributed by atoms with Crippen molar-refractivity contribution in [2.24, 2.45) is 0 Å². The van der Waals surface area contributed by atoms with Crippen molar-refractivity contribution in [3.05, 3.63) is 65.6 Å². The van der Waals surface area contributed by atoms with E-state index in [-0.39, 0.29) is 0 Å². The van der Waals surface area contributed by atoms with E-state index in [0.29, 0.717) is 5.75 Å². The lowest BCUT2D eigenvalue weighted by molar-refractivity contribution is 0.203. The second-order valence-electron chi connectivity index (χ2n) is 4.70. The van der Waals surface area contributed by atoms with Gasteiger partial charge in [0.1, 0.15) is 11.5 Å². The van der Waals surface area contributed by atoms with E-state index in [1.54, 1.807) is 19.2 Å². The number of ether oxygens (including phenoxy) is 2. The smallest absolute Gasteiger partial charge is 0.412 e. The van der Waals surface area contributed by atoms with E-state index in [4.69, 9.17) is 9.47 Å². The number of rotatable bonds is 5. The van der Waals surface area contributed by atoms with Crippen LogP contribution in [0.3, 0.4) is 0 Å². The summed E-state index contributed by atoms with van der Waals surface area (Å²) in [4.78, 5) is 11.2. The lowest BCUT2D eigenvalue weighted by Crippen LogP contribution is -2.22. The number of hydrogen-bond donors (Lipinski definition) is 1. The number of carbonyl (C=O) groups excluding carboxylic acids is 1. The van der Waals surface area contributed by atoms with Gasteiger partial charge in [0.25, 0.3) is 0 Å². The molecule has 0 heterocycles. The average molecular weight is 298 g/mol. The van der Waals surface area contributed by atoms with E-state index < -0.39 is 6.09 Å². The quantitative estimate of drug-likeness (QED) is 0.913. The molecule has 1 amide bonds. The Morgan fingerprint density at radius 1 is 1.09 bits per heavy atom. The summed E-state index contributed by atoms with van der Waals surface area (Å²) in [7, 11) is 3.20. The molecule has 2 rings (SSSR count). The van der Waals surface area contributed by atoms with Gasteiger partial charge >= 0.3 is 6.09 Å². The molecule has 2 aromatic carbocycles. The number of amides is 1. The van der Waals surface area contributed by atoms with E-state index in [1.807, 2.05) is 36.4 Å². The molecule has 2 aromatic rings. The van der Waals surface area contributed by atoms with Gasteiger partial charge in [-0.1, -0.05) is 37.3 Å². The maximum absolute atomic E-state index is 11.2. The molecular formula is C18H20NO3. The molecule has 0 saturated carbocycles. The summed E-state index contributed by atoms with van der Waals surface area (Å²) in [5.74, 6) is 2.55. The fraction of sp³-hybridized carbons (Fsp3) is 0.222. The molecule has 1 radical (unpaired) electrons. The molecule has 0 unspecified atom stereocenters. The van der Waals surface area contributed by atoms with Gasteiger partial charge in [-0.2, -0.15) is 0 Å². The number of hydrogen-bond acceptors (Lipinski definition) is 3. The van der Waals surface area contributed by atoms with Crippen LogP contribution in [0.4, 0.5) is 4.79 Å². The van der Waals surface area contributed by atoms with Gasteiger partial charge in [-0.15, -0.1) is 0 Å². The Bertz CT molecular complexity index is 622. The van der Waals surface area contributed by atoms with E-state index in [0.717, 1.165) is 23.3 Å². The molecule has 4 heteroatoms. The first kappa shape index (κ1) is 15.9. The predicted octanol–water partition coefficient (Wildman–Crippen LogP) is 3.79. The van der Waals surface area contributed by atoms with Crippen LogP contribution in [-0.2, 0) is 0 Å². The van der Waals surface area contributed by atoms with Crippen LogP contribution in [0.1, 0.15) is 24.5 Å². The second-order valence-corrected chi connectivity index (χ2v) is 4.70. The molecule has 0 aliphatic carbocycles. The van der Waals surface area contributed by atoms with E-state index in [2.05, 4.69) is 12.2 Å². The van der Waals surface area contributed by atoms with Gasteiger partial charge in [-0.25, -0.2) is 4.79 Å². The Balaban J connectivity index is 2.26. The number of nitrogens with one attached hydrogen (secondary N) is 1. The fourth-order valence-electron chi connectivity index (χ4n) is 2.33. The van der Waals surface area contributed by atoms with Crippen molar-refractivity contribution in [3.8, 4) is 11.5 Å². The van der Waals surface area contributed by atoms with Crippen LogP contribution >= 0.6 is 0 Å². The van der Waals surface area contributed by atoms with Crippen LogP contribution < -0.4 is 14.8 Å². The lowest BCUT2D eigenvalue weighted by atomic mass is 9.88. The minimum absolute atomic E-state index is 0.475. The van der Waals surface area contributed by atoms with Crippen molar-refractivity contribution in [3.63, 3.8) is 0 Å². The molecule has 0 aliphatic rings. The Hall–Kier alpha value is -2.49. The largest absolute Gasteiger partial charge is 0.496 e. The predicted molar refractivity (Wildman–Crippen MR) is 86.3 cm³/mol. The van der Waals surface area contributed by atoms with Crippen LogP contribution in [-0.4, -0.2) is 20.3 Å². The SMILES string of the molecule is CC[C](c1ccc(OC(=O)NC)cc1)c1ccccc1OC. The van der Waals surface area contributed by atoms with Crippen molar-refractivity contribution in [1.82, 2.24) is 5.32 Å². The summed E-state index contributed by atoms with van der Waals surface area (Å²) in [6.07, 6.45) is 0.396. The van der Waals surface area contributed by atoms with Crippen LogP contribution in [0, 0.1) is 5.92 Å². The van der Waals surface area contributed by atoms with E-state index >= 15 is 0 Å². The van der Waals surface area contributed by atoms with Gasteiger partial charge in [0, 0.05) is 18.5 Å². The number of benzene rings is 2. The third-order valence-corrected chi connectivity index (χ3v) is 3.40. The molecular weight excluding hydrogens is 278 g/mol. The minimum atomic E-state index is -0.475. The van der Waals surface area contributed by atoms with Gasteiger partial charge in [0.15, 0.2) is 0 Å². The number of carbonyl (C=O) groups is 1. The molecule has 0 fully saturated rings. The van der Waals surface area contributed by atoms with Crippen LogP contribution in [0.25, 0.3) is 0 Å². The fourth-order valence-corrected chi connectivity index (χ4v) is 2.33. The monoisotopic (exact) mass is 298 g/mol. The highest BCUT2D eigenvalue weighted by atomic mass is 16.5. The molecule has 0 spiro atoms.